The molecule has 7 nitrogen and oxygen atoms in total. The Morgan fingerprint density at radius 2 is 1.92 bits per heavy atom. The Morgan fingerprint density at radius 1 is 1.19 bits per heavy atom. The SMILES string of the molecule is CCCCn1nc(C(=O)N2Cc3ccccc3C[C@H]2C(=O)O)ccc1=O. The fraction of sp³-hybridized carbons (Fsp3) is 0.368. The van der Waals surface area contributed by atoms with Crippen LogP contribution in [-0.4, -0.2) is 37.7 Å². The molecular weight excluding hydrogens is 334 g/mol. The number of carboxylic acids is 1. The number of fused-ring (bicyclic) bond motifs is 1. The molecule has 2 aromatic rings. The first-order valence-corrected chi connectivity index (χ1v) is 8.70. The molecule has 136 valence electrons. The molecule has 1 aliphatic heterocycles. The Bertz CT molecular complexity index is 890. The Morgan fingerprint density at radius 3 is 2.62 bits per heavy atom. The largest absolute Gasteiger partial charge is 0.480 e. The number of rotatable bonds is 5. The second-order valence-corrected chi connectivity index (χ2v) is 6.39. The molecule has 0 radical (unpaired) electrons. The first-order valence-electron chi connectivity index (χ1n) is 8.70. The van der Waals surface area contributed by atoms with Gasteiger partial charge >= 0.3 is 5.97 Å². The number of carbonyl (C=O) groups excluding carboxylic acids is 1. The summed E-state index contributed by atoms with van der Waals surface area (Å²) in [5.74, 6) is -1.52. The molecule has 0 saturated heterocycles. The maximum atomic E-state index is 12.9. The van der Waals surface area contributed by atoms with Crippen molar-refractivity contribution in [2.45, 2.75) is 45.3 Å². The fourth-order valence-electron chi connectivity index (χ4n) is 3.14. The maximum absolute atomic E-state index is 12.9. The van der Waals surface area contributed by atoms with E-state index in [-0.39, 0.29) is 24.2 Å². The number of carbonyl (C=O) groups is 2. The van der Waals surface area contributed by atoms with Crippen LogP contribution in [-0.2, 0) is 24.3 Å². The quantitative estimate of drug-likeness (QED) is 0.881. The van der Waals surface area contributed by atoms with Crippen molar-refractivity contribution in [3.05, 3.63) is 63.6 Å². The Labute approximate surface area is 150 Å². The molecule has 0 bridgehead atoms. The molecule has 0 aliphatic carbocycles. The monoisotopic (exact) mass is 355 g/mol. The van der Waals surface area contributed by atoms with E-state index in [1.165, 1.54) is 21.7 Å². The van der Waals surface area contributed by atoms with E-state index < -0.39 is 17.9 Å². The van der Waals surface area contributed by atoms with Crippen LogP contribution >= 0.6 is 0 Å². The molecule has 1 aliphatic rings. The van der Waals surface area contributed by atoms with Gasteiger partial charge in [0.15, 0.2) is 0 Å². The van der Waals surface area contributed by atoms with Gasteiger partial charge in [0.05, 0.1) is 0 Å². The highest BCUT2D eigenvalue weighted by molar-refractivity contribution is 5.95. The van der Waals surface area contributed by atoms with Crippen molar-refractivity contribution < 1.29 is 14.7 Å². The molecule has 1 aromatic heterocycles. The summed E-state index contributed by atoms with van der Waals surface area (Å²) < 4.78 is 1.27. The van der Waals surface area contributed by atoms with E-state index in [2.05, 4.69) is 5.10 Å². The third-order valence-electron chi connectivity index (χ3n) is 4.60. The summed E-state index contributed by atoms with van der Waals surface area (Å²) in [5, 5.41) is 13.7. The second-order valence-electron chi connectivity index (χ2n) is 6.39. The molecule has 1 amide bonds. The number of benzene rings is 1. The average molecular weight is 355 g/mol. The van der Waals surface area contributed by atoms with E-state index >= 15 is 0 Å². The van der Waals surface area contributed by atoms with Crippen LogP contribution in [0.15, 0.2) is 41.2 Å². The number of unbranched alkanes of at least 4 members (excludes halogenated alkanes) is 1. The lowest BCUT2D eigenvalue weighted by Crippen LogP contribution is -2.49. The number of aryl methyl sites for hydroxylation is 1. The van der Waals surface area contributed by atoms with Gasteiger partial charge in [-0.2, -0.15) is 5.10 Å². The summed E-state index contributed by atoms with van der Waals surface area (Å²) in [7, 11) is 0. The van der Waals surface area contributed by atoms with Gasteiger partial charge in [-0.05, 0) is 23.6 Å². The van der Waals surface area contributed by atoms with Crippen LogP contribution < -0.4 is 5.56 Å². The van der Waals surface area contributed by atoms with E-state index in [0.717, 1.165) is 24.0 Å². The van der Waals surface area contributed by atoms with Gasteiger partial charge in [0.2, 0.25) is 0 Å². The summed E-state index contributed by atoms with van der Waals surface area (Å²) >= 11 is 0. The highest BCUT2D eigenvalue weighted by Gasteiger charge is 2.35. The second kappa shape index (κ2) is 7.51. The number of hydrogen-bond donors (Lipinski definition) is 1. The van der Waals surface area contributed by atoms with Crippen LogP contribution in [0.25, 0.3) is 0 Å². The van der Waals surface area contributed by atoms with Crippen molar-refractivity contribution in [3.8, 4) is 0 Å². The smallest absolute Gasteiger partial charge is 0.326 e. The minimum absolute atomic E-state index is 0.0892. The molecule has 0 unspecified atom stereocenters. The fourth-order valence-corrected chi connectivity index (χ4v) is 3.14. The van der Waals surface area contributed by atoms with Crippen molar-refractivity contribution in [3.63, 3.8) is 0 Å². The van der Waals surface area contributed by atoms with Gasteiger partial charge in [0.1, 0.15) is 11.7 Å². The molecule has 3 rings (SSSR count). The van der Waals surface area contributed by atoms with Crippen LogP contribution in [0.4, 0.5) is 0 Å². The number of aliphatic carboxylic acids is 1. The molecule has 2 heterocycles. The van der Waals surface area contributed by atoms with Crippen molar-refractivity contribution >= 4 is 11.9 Å². The molecule has 1 atom stereocenters. The lowest BCUT2D eigenvalue weighted by molar-refractivity contribution is -0.142. The van der Waals surface area contributed by atoms with Gasteiger partial charge in [0, 0.05) is 25.6 Å². The van der Waals surface area contributed by atoms with Crippen molar-refractivity contribution in [2.24, 2.45) is 0 Å². The van der Waals surface area contributed by atoms with Gasteiger partial charge in [0.25, 0.3) is 11.5 Å². The predicted octanol–water partition coefficient (Wildman–Crippen LogP) is 1.70. The van der Waals surface area contributed by atoms with Crippen LogP contribution in [0.1, 0.15) is 41.4 Å². The predicted molar refractivity (Wildman–Crippen MR) is 94.8 cm³/mol. The number of nitrogens with zero attached hydrogens (tertiary/aromatic N) is 3. The number of hydrogen-bond acceptors (Lipinski definition) is 4. The molecule has 26 heavy (non-hydrogen) atoms. The molecule has 7 heteroatoms. The number of carboxylic acid groups (broad SMARTS) is 1. The van der Waals surface area contributed by atoms with E-state index in [0.29, 0.717) is 6.54 Å². The first kappa shape index (κ1) is 17.8. The van der Waals surface area contributed by atoms with Crippen molar-refractivity contribution in [1.82, 2.24) is 14.7 Å². The van der Waals surface area contributed by atoms with Crippen LogP contribution in [0.5, 0.6) is 0 Å². The summed E-state index contributed by atoms with van der Waals surface area (Å²) in [4.78, 5) is 37.9. The summed E-state index contributed by atoms with van der Waals surface area (Å²) in [6.45, 7) is 2.64. The highest BCUT2D eigenvalue weighted by atomic mass is 16.4. The number of aromatic nitrogens is 2. The van der Waals surface area contributed by atoms with Crippen molar-refractivity contribution in [2.75, 3.05) is 0 Å². The van der Waals surface area contributed by atoms with Crippen molar-refractivity contribution in [1.29, 1.82) is 0 Å². The molecule has 0 spiro atoms. The van der Waals surface area contributed by atoms with E-state index in [9.17, 15) is 19.5 Å². The van der Waals surface area contributed by atoms with Crippen LogP contribution in [0, 0.1) is 0 Å². The third-order valence-corrected chi connectivity index (χ3v) is 4.60. The summed E-state index contributed by atoms with van der Waals surface area (Å²) in [6, 6.07) is 9.23. The normalized spacial score (nSPS) is 16.2. The zero-order chi connectivity index (χ0) is 18.7. The minimum atomic E-state index is -1.05. The lowest BCUT2D eigenvalue weighted by atomic mass is 9.93. The Balaban J connectivity index is 1.93. The first-order chi connectivity index (χ1) is 12.5. The average Bonchev–Trinajstić information content (AvgIpc) is 2.65. The molecule has 1 aromatic carbocycles. The van der Waals surface area contributed by atoms with Gasteiger partial charge in [-0.15, -0.1) is 0 Å². The molecular formula is C19H21N3O4. The van der Waals surface area contributed by atoms with Gasteiger partial charge in [-0.1, -0.05) is 37.6 Å². The maximum Gasteiger partial charge on any atom is 0.326 e. The molecule has 0 saturated carbocycles. The minimum Gasteiger partial charge on any atom is -0.480 e. The van der Waals surface area contributed by atoms with Gasteiger partial charge < -0.3 is 10.0 Å². The van der Waals surface area contributed by atoms with Gasteiger partial charge in [-0.3, -0.25) is 9.59 Å². The van der Waals surface area contributed by atoms with E-state index in [1.54, 1.807) is 0 Å². The van der Waals surface area contributed by atoms with Gasteiger partial charge in [-0.25, -0.2) is 9.48 Å². The Kier molecular flexibility index (Phi) is 5.16. The summed E-state index contributed by atoms with van der Waals surface area (Å²) in [6.07, 6.45) is 1.93. The Hall–Kier alpha value is -2.96. The third kappa shape index (κ3) is 3.51. The lowest BCUT2D eigenvalue weighted by Gasteiger charge is -2.34. The molecule has 1 N–H and O–H groups in total. The van der Waals surface area contributed by atoms with Crippen LogP contribution in [0.3, 0.4) is 0 Å². The zero-order valence-electron chi connectivity index (χ0n) is 14.6. The summed E-state index contributed by atoms with van der Waals surface area (Å²) in [5.41, 5.74) is 1.68. The standard InChI is InChI=1S/C19H21N3O4/c1-2-3-10-22-17(23)9-8-15(20-22)18(24)21-12-14-7-5-4-6-13(14)11-16(21)19(25)26/h4-9,16H,2-3,10-12H2,1H3,(H,25,26)/t16-/m0/s1. The van der Waals surface area contributed by atoms with E-state index in [1.807, 2.05) is 31.2 Å². The highest BCUT2D eigenvalue weighted by Crippen LogP contribution is 2.24. The molecule has 0 fully saturated rings. The number of amides is 1. The zero-order valence-corrected chi connectivity index (χ0v) is 14.6. The van der Waals surface area contributed by atoms with Crippen LogP contribution in [0.2, 0.25) is 0 Å². The topological polar surface area (TPSA) is 92.5 Å². The van der Waals surface area contributed by atoms with E-state index in [4.69, 9.17) is 0 Å².